The van der Waals surface area contributed by atoms with Gasteiger partial charge in [-0.05, 0) is 55.7 Å². The summed E-state index contributed by atoms with van der Waals surface area (Å²) in [5.74, 6) is -0.320. The van der Waals surface area contributed by atoms with Gasteiger partial charge in [-0.3, -0.25) is 9.20 Å². The second kappa shape index (κ2) is 7.56. The molecule has 142 valence electrons. The number of carbonyl (C=O) groups excluding carboxylic acids is 1. The number of imidazole rings is 1. The summed E-state index contributed by atoms with van der Waals surface area (Å²) in [6.07, 6.45) is 2.79. The van der Waals surface area contributed by atoms with Crippen molar-refractivity contribution in [1.82, 2.24) is 9.38 Å². The van der Waals surface area contributed by atoms with E-state index in [1.165, 1.54) is 23.0 Å². The van der Waals surface area contributed by atoms with Crippen LogP contribution in [0.15, 0.2) is 54.0 Å². The number of hydrogen-bond donors (Lipinski definition) is 1. The largest absolute Gasteiger partial charge is 0.326 e. The molecule has 2 aromatic carbocycles. The van der Waals surface area contributed by atoms with E-state index in [2.05, 4.69) is 10.3 Å². The van der Waals surface area contributed by atoms with E-state index in [-0.39, 0.29) is 11.7 Å². The number of rotatable bonds is 5. The van der Waals surface area contributed by atoms with Gasteiger partial charge in [0, 0.05) is 34.9 Å². The second-order valence-corrected chi connectivity index (χ2v) is 7.67. The van der Waals surface area contributed by atoms with Crippen molar-refractivity contribution < 1.29 is 9.18 Å². The van der Waals surface area contributed by atoms with Crippen molar-refractivity contribution in [2.24, 2.45) is 0 Å². The number of halogens is 1. The molecule has 28 heavy (non-hydrogen) atoms. The summed E-state index contributed by atoms with van der Waals surface area (Å²) in [6, 6.07) is 12.5. The third-order valence-corrected chi connectivity index (χ3v) is 5.72. The highest BCUT2D eigenvalue weighted by Crippen LogP contribution is 2.26. The third-order valence-electron chi connectivity index (χ3n) is 4.83. The Kier molecular flexibility index (Phi) is 4.96. The normalized spacial score (nSPS) is 11.1. The molecular formula is C22H20FN3OS. The van der Waals surface area contributed by atoms with Gasteiger partial charge in [-0.1, -0.05) is 18.2 Å². The fraction of sp³-hybridized carbons (Fsp3) is 0.182. The van der Waals surface area contributed by atoms with Gasteiger partial charge < -0.3 is 5.32 Å². The Morgan fingerprint density at radius 3 is 2.79 bits per heavy atom. The van der Waals surface area contributed by atoms with Gasteiger partial charge in [0.15, 0.2) is 4.96 Å². The van der Waals surface area contributed by atoms with E-state index < -0.39 is 0 Å². The van der Waals surface area contributed by atoms with Crippen LogP contribution in [0.4, 0.5) is 10.1 Å². The van der Waals surface area contributed by atoms with E-state index in [0.29, 0.717) is 24.1 Å². The van der Waals surface area contributed by atoms with Gasteiger partial charge in [-0.25, -0.2) is 9.37 Å². The van der Waals surface area contributed by atoms with E-state index in [0.717, 1.165) is 21.9 Å². The molecule has 0 saturated heterocycles. The average Bonchev–Trinajstić information content (AvgIpc) is 3.24. The number of anilines is 1. The van der Waals surface area contributed by atoms with Crippen LogP contribution in [-0.2, 0) is 11.2 Å². The fourth-order valence-electron chi connectivity index (χ4n) is 3.09. The zero-order valence-corrected chi connectivity index (χ0v) is 16.5. The molecule has 2 heterocycles. The van der Waals surface area contributed by atoms with Crippen molar-refractivity contribution in [1.29, 1.82) is 0 Å². The van der Waals surface area contributed by atoms with Gasteiger partial charge in [0.1, 0.15) is 5.82 Å². The highest BCUT2D eigenvalue weighted by atomic mass is 32.1. The predicted molar refractivity (Wildman–Crippen MR) is 111 cm³/mol. The summed E-state index contributed by atoms with van der Waals surface area (Å²) in [5.41, 5.74) is 5.24. The molecule has 1 N–H and O–H groups in total. The molecule has 0 unspecified atom stereocenters. The lowest BCUT2D eigenvalue weighted by atomic mass is 10.1. The van der Waals surface area contributed by atoms with E-state index in [9.17, 15) is 9.18 Å². The monoisotopic (exact) mass is 393 g/mol. The van der Waals surface area contributed by atoms with Gasteiger partial charge in [0.25, 0.3) is 0 Å². The molecule has 0 fully saturated rings. The molecule has 0 aliphatic carbocycles. The zero-order chi connectivity index (χ0) is 19.7. The number of nitrogens with one attached hydrogen (secondary N) is 1. The van der Waals surface area contributed by atoms with E-state index in [4.69, 9.17) is 0 Å². The summed E-state index contributed by atoms with van der Waals surface area (Å²) in [5, 5.41) is 4.95. The lowest BCUT2D eigenvalue weighted by Crippen LogP contribution is -2.12. The molecule has 0 spiro atoms. The van der Waals surface area contributed by atoms with Gasteiger partial charge in [-0.2, -0.15) is 0 Å². The lowest BCUT2D eigenvalue weighted by molar-refractivity contribution is -0.116. The minimum atomic E-state index is -0.289. The van der Waals surface area contributed by atoms with Crippen molar-refractivity contribution >= 4 is 27.9 Å². The molecule has 0 atom stereocenters. The van der Waals surface area contributed by atoms with Crippen molar-refractivity contribution in [2.75, 3.05) is 5.32 Å². The van der Waals surface area contributed by atoms with Crippen LogP contribution in [0.3, 0.4) is 0 Å². The first-order valence-corrected chi connectivity index (χ1v) is 9.97. The van der Waals surface area contributed by atoms with Crippen molar-refractivity contribution in [3.8, 4) is 11.3 Å². The number of nitrogens with zero attached hydrogens (tertiary/aromatic N) is 2. The summed E-state index contributed by atoms with van der Waals surface area (Å²) in [4.78, 5) is 17.6. The summed E-state index contributed by atoms with van der Waals surface area (Å²) in [7, 11) is 0. The molecule has 1 amide bonds. The SMILES string of the molecule is Cc1ccc(NC(=O)CCc2csc3nc(-c4ccccc4F)cn23)cc1C. The number of carbonyl (C=O) groups is 1. The minimum Gasteiger partial charge on any atom is -0.326 e. The first-order valence-electron chi connectivity index (χ1n) is 9.09. The quantitative estimate of drug-likeness (QED) is 0.494. The Balaban J connectivity index is 1.47. The highest BCUT2D eigenvalue weighted by Gasteiger charge is 2.13. The minimum absolute atomic E-state index is 0.0305. The molecule has 0 bridgehead atoms. The molecule has 0 aliphatic heterocycles. The van der Waals surface area contributed by atoms with Gasteiger partial charge in [0.2, 0.25) is 5.91 Å². The maximum Gasteiger partial charge on any atom is 0.224 e. The average molecular weight is 393 g/mol. The number of hydrogen-bond acceptors (Lipinski definition) is 3. The van der Waals surface area contributed by atoms with Gasteiger partial charge >= 0.3 is 0 Å². The molecule has 4 nitrogen and oxygen atoms in total. The molecular weight excluding hydrogens is 373 g/mol. The predicted octanol–water partition coefficient (Wildman–Crippen LogP) is 5.39. The number of fused-ring (bicyclic) bond motifs is 1. The highest BCUT2D eigenvalue weighted by molar-refractivity contribution is 7.15. The molecule has 2 aromatic heterocycles. The summed E-state index contributed by atoms with van der Waals surface area (Å²) in [6.45, 7) is 4.07. The number of aromatic nitrogens is 2. The van der Waals surface area contributed by atoms with Crippen molar-refractivity contribution in [2.45, 2.75) is 26.7 Å². The molecule has 6 heteroatoms. The van der Waals surface area contributed by atoms with E-state index in [1.54, 1.807) is 18.2 Å². The zero-order valence-electron chi connectivity index (χ0n) is 15.7. The fourth-order valence-corrected chi connectivity index (χ4v) is 4.00. The number of amides is 1. The Labute approximate surface area is 166 Å². The van der Waals surface area contributed by atoms with Crippen LogP contribution < -0.4 is 5.32 Å². The van der Waals surface area contributed by atoms with Gasteiger partial charge in [0.05, 0.1) is 5.69 Å². The van der Waals surface area contributed by atoms with E-state index >= 15 is 0 Å². The van der Waals surface area contributed by atoms with Crippen LogP contribution in [0, 0.1) is 19.7 Å². The van der Waals surface area contributed by atoms with Crippen LogP contribution in [0.1, 0.15) is 23.2 Å². The first kappa shape index (κ1) is 18.4. The number of benzene rings is 2. The van der Waals surface area contributed by atoms with Gasteiger partial charge in [-0.15, -0.1) is 11.3 Å². The van der Waals surface area contributed by atoms with Crippen LogP contribution >= 0.6 is 11.3 Å². The Bertz CT molecular complexity index is 1160. The number of thiazole rings is 1. The summed E-state index contributed by atoms with van der Waals surface area (Å²) >= 11 is 1.49. The maximum atomic E-state index is 14.0. The van der Waals surface area contributed by atoms with Crippen molar-refractivity contribution in [3.05, 3.63) is 76.7 Å². The van der Waals surface area contributed by atoms with Crippen LogP contribution in [0.5, 0.6) is 0 Å². The second-order valence-electron chi connectivity index (χ2n) is 6.83. The van der Waals surface area contributed by atoms with E-state index in [1.807, 2.05) is 48.0 Å². The Morgan fingerprint density at radius 2 is 2.00 bits per heavy atom. The Morgan fingerprint density at radius 1 is 1.18 bits per heavy atom. The van der Waals surface area contributed by atoms with Crippen LogP contribution in [0.25, 0.3) is 16.2 Å². The van der Waals surface area contributed by atoms with Crippen LogP contribution in [-0.4, -0.2) is 15.3 Å². The van der Waals surface area contributed by atoms with Crippen LogP contribution in [0.2, 0.25) is 0 Å². The standard InChI is InChI=1S/C22H20FN3OS/c1-14-7-8-16(11-15(14)2)24-21(27)10-9-17-13-28-22-25-20(12-26(17)22)18-5-3-4-6-19(18)23/h3-8,11-13H,9-10H2,1-2H3,(H,24,27). The molecule has 4 aromatic rings. The molecule has 0 saturated carbocycles. The first-order chi connectivity index (χ1) is 13.5. The maximum absolute atomic E-state index is 14.0. The molecule has 0 aliphatic rings. The lowest BCUT2D eigenvalue weighted by Gasteiger charge is -2.07. The van der Waals surface area contributed by atoms with Crippen molar-refractivity contribution in [3.63, 3.8) is 0 Å². The summed E-state index contributed by atoms with van der Waals surface area (Å²) < 4.78 is 16.0. The number of aryl methyl sites for hydroxylation is 3. The Hall–Kier alpha value is -2.99. The molecule has 0 radical (unpaired) electrons. The molecule has 4 rings (SSSR count). The topological polar surface area (TPSA) is 46.4 Å². The third kappa shape index (κ3) is 3.68. The smallest absolute Gasteiger partial charge is 0.224 e.